The lowest BCUT2D eigenvalue weighted by Gasteiger charge is -2.26. The maximum absolute atomic E-state index is 9.90. The van der Waals surface area contributed by atoms with Gasteiger partial charge in [-0.3, -0.25) is 0 Å². The monoisotopic (exact) mass is 639 g/mol. The fraction of sp³-hybridized carbons (Fsp3) is 0. The molecular weight excluding hydrogens is 606 g/mol. The minimum atomic E-state index is 0.199. The summed E-state index contributed by atoms with van der Waals surface area (Å²) in [6.45, 7) is 0. The summed E-state index contributed by atoms with van der Waals surface area (Å²) in [5.41, 5.74) is 10.9. The largest absolute Gasteiger partial charge is 0.508 e. The number of hydrogen-bond acceptors (Lipinski definition) is 5. The Kier molecular flexibility index (Phi) is 8.55. The molecule has 0 aromatic heterocycles. The second-order valence-corrected chi connectivity index (χ2v) is 11.8. The van der Waals surface area contributed by atoms with Crippen LogP contribution in [-0.2, 0) is 0 Å². The Labute approximate surface area is 285 Å². The van der Waals surface area contributed by atoms with Crippen molar-refractivity contribution in [3.05, 3.63) is 187 Å². The third-order valence-corrected chi connectivity index (χ3v) is 8.47. The van der Waals surface area contributed by atoms with Crippen LogP contribution < -0.4 is 4.90 Å². The van der Waals surface area contributed by atoms with Crippen molar-refractivity contribution in [1.29, 1.82) is 0 Å². The van der Waals surface area contributed by atoms with E-state index < -0.39 is 0 Å². The van der Waals surface area contributed by atoms with Gasteiger partial charge >= 0.3 is 0 Å². The van der Waals surface area contributed by atoms with Gasteiger partial charge in [0.15, 0.2) is 0 Å². The number of rotatable bonds is 8. The van der Waals surface area contributed by atoms with Gasteiger partial charge in [-0.05, 0) is 136 Å². The molecule has 0 unspecified atom stereocenters. The van der Waals surface area contributed by atoms with Gasteiger partial charge in [0.2, 0.25) is 0 Å². The lowest BCUT2D eigenvalue weighted by atomic mass is 9.95. The van der Waals surface area contributed by atoms with Crippen molar-refractivity contribution in [1.82, 2.24) is 0 Å². The molecule has 0 atom stereocenters. The van der Waals surface area contributed by atoms with Crippen molar-refractivity contribution < 1.29 is 20.4 Å². The zero-order valence-corrected chi connectivity index (χ0v) is 26.5. The Morgan fingerprint density at radius 1 is 0.327 bits per heavy atom. The van der Waals surface area contributed by atoms with Gasteiger partial charge in [0.05, 0.1) is 0 Å². The van der Waals surface area contributed by atoms with Crippen LogP contribution in [0, 0.1) is 0 Å². The van der Waals surface area contributed by atoms with Crippen LogP contribution in [0.25, 0.3) is 33.9 Å². The van der Waals surface area contributed by atoms with Crippen LogP contribution in [0.5, 0.6) is 23.0 Å². The van der Waals surface area contributed by atoms with Crippen LogP contribution in [0.3, 0.4) is 0 Å². The molecule has 5 nitrogen and oxygen atoms in total. The van der Waals surface area contributed by atoms with Crippen LogP contribution in [-0.4, -0.2) is 20.4 Å². The molecule has 0 radical (unpaired) electrons. The number of aromatic hydroxyl groups is 4. The second kappa shape index (κ2) is 13.6. The predicted molar refractivity (Wildman–Crippen MR) is 199 cm³/mol. The third-order valence-electron chi connectivity index (χ3n) is 8.47. The highest BCUT2D eigenvalue weighted by atomic mass is 16.3. The predicted octanol–water partition coefficient (Wildman–Crippen LogP) is 10.9. The summed E-state index contributed by atoms with van der Waals surface area (Å²) in [6.07, 6.45) is 2.10. The molecule has 0 aliphatic rings. The Balaban J connectivity index is 1.26. The van der Waals surface area contributed by atoms with Gasteiger partial charge in [0, 0.05) is 17.1 Å². The van der Waals surface area contributed by atoms with Crippen LogP contribution in [0.1, 0.15) is 16.7 Å². The van der Waals surface area contributed by atoms with Crippen LogP contribution in [0.2, 0.25) is 0 Å². The molecular formula is C44H33NO4. The van der Waals surface area contributed by atoms with E-state index in [0.717, 1.165) is 61.6 Å². The Morgan fingerprint density at radius 2 is 0.592 bits per heavy atom. The van der Waals surface area contributed by atoms with Gasteiger partial charge in [-0.15, -0.1) is 0 Å². The maximum atomic E-state index is 9.90. The molecule has 4 N–H and O–H groups in total. The van der Waals surface area contributed by atoms with Crippen molar-refractivity contribution in [3.63, 3.8) is 0 Å². The number of hydrogen-bond donors (Lipinski definition) is 4. The molecule has 7 rings (SSSR count). The van der Waals surface area contributed by atoms with E-state index >= 15 is 0 Å². The van der Waals surface area contributed by atoms with E-state index in [1.165, 1.54) is 0 Å². The van der Waals surface area contributed by atoms with E-state index in [-0.39, 0.29) is 23.0 Å². The van der Waals surface area contributed by atoms with Crippen molar-refractivity contribution in [2.75, 3.05) is 4.90 Å². The fourth-order valence-corrected chi connectivity index (χ4v) is 5.86. The zero-order chi connectivity index (χ0) is 33.7. The molecule has 0 fully saturated rings. The summed E-state index contributed by atoms with van der Waals surface area (Å²) in [5.74, 6) is 0.869. The first-order valence-electron chi connectivity index (χ1n) is 15.9. The normalized spacial score (nSPS) is 10.8. The first-order valence-corrected chi connectivity index (χ1v) is 15.9. The molecule has 7 aromatic carbocycles. The van der Waals surface area contributed by atoms with Crippen LogP contribution in [0.4, 0.5) is 17.1 Å². The summed E-state index contributed by atoms with van der Waals surface area (Å²) in [4.78, 5) is 2.20. The third kappa shape index (κ3) is 7.02. The van der Waals surface area contributed by atoms with E-state index in [4.69, 9.17) is 0 Å². The molecule has 0 bridgehead atoms. The van der Waals surface area contributed by atoms with Crippen molar-refractivity contribution in [2.45, 2.75) is 0 Å². The Hall–Kier alpha value is -6.72. The SMILES string of the molecule is Oc1ccc(C(=Cc2ccc(N(c3ccc(-c4ccc(O)cc4)cc3)c3ccc(-c4ccc(O)cc4)cc3)cc2)c2ccc(O)cc2)cc1. The highest BCUT2D eigenvalue weighted by Crippen LogP contribution is 2.38. The van der Waals surface area contributed by atoms with Gasteiger partial charge < -0.3 is 25.3 Å². The van der Waals surface area contributed by atoms with Gasteiger partial charge in [0.1, 0.15) is 23.0 Å². The van der Waals surface area contributed by atoms with Crippen molar-refractivity contribution >= 4 is 28.7 Å². The molecule has 0 spiro atoms. The summed E-state index contributed by atoms with van der Waals surface area (Å²) in [6, 6.07) is 53.7. The zero-order valence-electron chi connectivity index (χ0n) is 26.5. The average Bonchev–Trinajstić information content (AvgIpc) is 3.14. The van der Waals surface area contributed by atoms with E-state index in [9.17, 15) is 20.4 Å². The summed E-state index contributed by atoms with van der Waals surface area (Å²) in [5, 5.41) is 39.3. The molecule has 0 saturated heterocycles. The Bertz CT molecular complexity index is 2050. The molecule has 0 aliphatic carbocycles. The highest BCUT2D eigenvalue weighted by Gasteiger charge is 2.14. The van der Waals surface area contributed by atoms with Crippen molar-refractivity contribution in [3.8, 4) is 45.3 Å². The van der Waals surface area contributed by atoms with Crippen molar-refractivity contribution in [2.24, 2.45) is 0 Å². The van der Waals surface area contributed by atoms with E-state index in [0.29, 0.717) is 0 Å². The standard InChI is InChI=1S/C44H33NO4/c46-40-21-7-33(8-22-40)31-3-17-38(18-4-31)45(39-19-5-32(6-20-39)34-9-23-41(47)24-10-34)37-15-1-30(2-16-37)29-44(35-11-25-42(48)26-12-35)36-13-27-43(49)28-14-36/h1-29,46-49H. The van der Waals surface area contributed by atoms with Gasteiger partial charge in [-0.1, -0.05) is 84.9 Å². The minimum Gasteiger partial charge on any atom is -0.508 e. The van der Waals surface area contributed by atoms with Crippen LogP contribution in [0.15, 0.2) is 170 Å². The minimum absolute atomic E-state index is 0.199. The smallest absolute Gasteiger partial charge is 0.115 e. The maximum Gasteiger partial charge on any atom is 0.115 e. The molecule has 0 saturated carbocycles. The Morgan fingerprint density at radius 3 is 0.918 bits per heavy atom. The molecule has 0 heterocycles. The molecule has 238 valence electrons. The summed E-state index contributed by atoms with van der Waals surface area (Å²) >= 11 is 0. The van der Waals surface area contributed by atoms with Gasteiger partial charge in [-0.2, -0.15) is 0 Å². The van der Waals surface area contributed by atoms with Crippen LogP contribution >= 0.6 is 0 Å². The lowest BCUT2D eigenvalue weighted by Crippen LogP contribution is -2.09. The summed E-state index contributed by atoms with van der Waals surface area (Å²) < 4.78 is 0. The first-order chi connectivity index (χ1) is 23.9. The lowest BCUT2D eigenvalue weighted by molar-refractivity contribution is 0.474. The average molecular weight is 640 g/mol. The van der Waals surface area contributed by atoms with E-state index in [2.05, 4.69) is 83.8 Å². The molecule has 7 aromatic rings. The van der Waals surface area contributed by atoms with E-state index in [1.54, 1.807) is 48.5 Å². The molecule has 49 heavy (non-hydrogen) atoms. The summed E-state index contributed by atoms with van der Waals surface area (Å²) in [7, 11) is 0. The number of phenols is 4. The number of benzene rings is 7. The quantitative estimate of drug-likeness (QED) is 0.124. The molecule has 0 aliphatic heterocycles. The van der Waals surface area contributed by atoms with Gasteiger partial charge in [0.25, 0.3) is 0 Å². The topological polar surface area (TPSA) is 84.2 Å². The fourth-order valence-electron chi connectivity index (χ4n) is 5.86. The van der Waals surface area contributed by atoms with E-state index in [1.807, 2.05) is 48.5 Å². The molecule has 0 amide bonds. The first kappa shape index (κ1) is 30.9. The number of phenolic OH excluding ortho intramolecular Hbond substituents is 4. The second-order valence-electron chi connectivity index (χ2n) is 11.8. The highest BCUT2D eigenvalue weighted by molar-refractivity contribution is 5.92. The number of anilines is 3. The van der Waals surface area contributed by atoms with Gasteiger partial charge in [-0.25, -0.2) is 0 Å². The molecule has 5 heteroatoms. The number of nitrogens with zero attached hydrogens (tertiary/aromatic N) is 1.